The first-order valence-corrected chi connectivity index (χ1v) is 20.1. The molecule has 2 atom stereocenters. The molecule has 0 radical (unpaired) electrons. The minimum absolute atomic E-state index is 0.0946. The summed E-state index contributed by atoms with van der Waals surface area (Å²) in [6, 6.07) is 0. The van der Waals surface area contributed by atoms with Crippen molar-refractivity contribution in [3.8, 4) is 0 Å². The monoisotopic (exact) mass is 683 g/mol. The van der Waals surface area contributed by atoms with Gasteiger partial charge in [0, 0.05) is 19.6 Å². The lowest BCUT2D eigenvalue weighted by molar-refractivity contribution is -0.154. The van der Waals surface area contributed by atoms with Gasteiger partial charge in [-0.1, -0.05) is 120 Å². The van der Waals surface area contributed by atoms with E-state index in [9.17, 15) is 14.3 Å². The topological polar surface area (TPSA) is 117 Å². The van der Waals surface area contributed by atoms with Gasteiger partial charge in [0.05, 0.1) is 19.8 Å². The average molecular weight is 684 g/mol. The maximum absolute atomic E-state index is 12.5. The summed E-state index contributed by atoms with van der Waals surface area (Å²) < 4.78 is 33.2. The molecule has 0 aromatic heterocycles. The first-order valence-electron chi connectivity index (χ1n) is 18.6. The molecule has 0 aliphatic carbocycles. The number of phosphoric acid groups is 1. The lowest BCUT2D eigenvalue weighted by atomic mass is 10.1. The van der Waals surface area contributed by atoms with Crippen LogP contribution in [0.1, 0.15) is 149 Å². The quantitative estimate of drug-likeness (QED) is 0.0293. The van der Waals surface area contributed by atoms with Crippen LogP contribution in [0.15, 0.2) is 48.6 Å². The Morgan fingerprint density at radius 3 is 1.81 bits per heavy atom. The van der Waals surface area contributed by atoms with Gasteiger partial charge in [-0.25, -0.2) is 4.57 Å². The molecule has 0 aliphatic rings. The van der Waals surface area contributed by atoms with E-state index in [1.54, 1.807) is 0 Å². The summed E-state index contributed by atoms with van der Waals surface area (Å²) in [4.78, 5) is 22.4. The largest absolute Gasteiger partial charge is 0.472 e. The Balaban J connectivity index is 4.15. The van der Waals surface area contributed by atoms with Crippen LogP contribution < -0.4 is 5.73 Å². The maximum Gasteiger partial charge on any atom is 0.472 e. The standard InChI is InChI=1S/C38H70NO7P/c1-3-5-7-9-11-13-15-17-18-19-21-23-25-27-29-31-38(40)46-37(36-45-47(41,42)44-34-32-39)35-43-33-30-28-26-24-22-20-16-14-12-10-8-6-4-2/h5,7,11-14,17-18,37H,3-4,6,8-10,15-16,19-36,39H2,1-2H3,(H,41,42)/b7-5-,13-11-,14-12-,18-17-. The summed E-state index contributed by atoms with van der Waals surface area (Å²) in [5.74, 6) is -0.352. The van der Waals surface area contributed by atoms with E-state index >= 15 is 0 Å². The molecule has 0 saturated heterocycles. The molecular weight excluding hydrogens is 613 g/mol. The fraction of sp³-hybridized carbons (Fsp3) is 0.763. The number of phosphoric ester groups is 1. The molecule has 0 spiro atoms. The van der Waals surface area contributed by atoms with E-state index in [0.29, 0.717) is 13.0 Å². The normalized spacial score (nSPS) is 14.2. The van der Waals surface area contributed by atoms with Gasteiger partial charge in [-0.05, 0) is 70.6 Å². The van der Waals surface area contributed by atoms with Gasteiger partial charge in [-0.15, -0.1) is 0 Å². The van der Waals surface area contributed by atoms with Gasteiger partial charge in [0.2, 0.25) is 0 Å². The number of hydrogen-bond acceptors (Lipinski definition) is 7. The van der Waals surface area contributed by atoms with Crippen molar-refractivity contribution >= 4 is 13.8 Å². The van der Waals surface area contributed by atoms with Crippen molar-refractivity contribution in [2.75, 3.05) is 33.0 Å². The molecule has 3 N–H and O–H groups in total. The zero-order valence-electron chi connectivity index (χ0n) is 30.0. The Morgan fingerprint density at radius 2 is 1.19 bits per heavy atom. The number of carbonyl (C=O) groups is 1. The smallest absolute Gasteiger partial charge is 0.457 e. The summed E-state index contributed by atoms with van der Waals surface area (Å²) in [6.07, 6.45) is 39.8. The van der Waals surface area contributed by atoms with E-state index in [4.69, 9.17) is 24.3 Å². The molecule has 0 aliphatic heterocycles. The Kier molecular flexibility index (Phi) is 34.6. The van der Waals surface area contributed by atoms with Crippen molar-refractivity contribution in [1.82, 2.24) is 0 Å². The minimum atomic E-state index is -4.28. The van der Waals surface area contributed by atoms with Crippen molar-refractivity contribution < 1.29 is 32.8 Å². The van der Waals surface area contributed by atoms with Gasteiger partial charge in [0.1, 0.15) is 6.10 Å². The van der Waals surface area contributed by atoms with Crippen LogP contribution in [0.25, 0.3) is 0 Å². The van der Waals surface area contributed by atoms with Crippen LogP contribution in [-0.2, 0) is 27.9 Å². The average Bonchev–Trinajstić information content (AvgIpc) is 3.06. The number of carbonyl (C=O) groups excluding carboxylic acids is 1. The molecule has 47 heavy (non-hydrogen) atoms. The van der Waals surface area contributed by atoms with Crippen LogP contribution in [0.3, 0.4) is 0 Å². The highest BCUT2D eigenvalue weighted by Gasteiger charge is 2.25. The Bertz CT molecular complexity index is 859. The first-order chi connectivity index (χ1) is 22.9. The predicted octanol–water partition coefficient (Wildman–Crippen LogP) is 10.5. The number of allylic oxidation sites excluding steroid dienone is 8. The number of ether oxygens (including phenoxy) is 2. The van der Waals surface area contributed by atoms with Gasteiger partial charge in [-0.2, -0.15) is 0 Å². The highest BCUT2D eigenvalue weighted by Crippen LogP contribution is 2.43. The Morgan fingerprint density at radius 1 is 0.660 bits per heavy atom. The maximum atomic E-state index is 12.5. The molecule has 0 saturated carbocycles. The third kappa shape index (κ3) is 35.6. The van der Waals surface area contributed by atoms with E-state index in [0.717, 1.165) is 70.6 Å². The summed E-state index contributed by atoms with van der Waals surface area (Å²) in [5.41, 5.74) is 5.35. The summed E-state index contributed by atoms with van der Waals surface area (Å²) in [6.45, 7) is 4.73. The van der Waals surface area contributed by atoms with E-state index in [-0.39, 0.29) is 32.3 Å². The van der Waals surface area contributed by atoms with Gasteiger partial charge < -0.3 is 20.1 Å². The molecule has 0 bridgehead atoms. The predicted molar refractivity (Wildman–Crippen MR) is 196 cm³/mol. The number of rotatable bonds is 35. The van der Waals surface area contributed by atoms with Crippen molar-refractivity contribution in [3.63, 3.8) is 0 Å². The lowest BCUT2D eigenvalue weighted by Gasteiger charge is -2.20. The van der Waals surface area contributed by atoms with Crippen LogP contribution in [-0.4, -0.2) is 49.9 Å². The highest BCUT2D eigenvalue weighted by molar-refractivity contribution is 7.47. The Labute approximate surface area is 288 Å². The van der Waals surface area contributed by atoms with Gasteiger partial charge in [0.25, 0.3) is 0 Å². The van der Waals surface area contributed by atoms with Crippen LogP contribution >= 0.6 is 7.82 Å². The molecule has 0 rings (SSSR count). The molecule has 274 valence electrons. The Hall–Kier alpha value is -1.54. The summed E-state index contributed by atoms with van der Waals surface area (Å²) >= 11 is 0. The molecule has 0 amide bonds. The first kappa shape index (κ1) is 45.5. The van der Waals surface area contributed by atoms with Crippen LogP contribution in [0.5, 0.6) is 0 Å². The lowest BCUT2D eigenvalue weighted by Crippen LogP contribution is -2.28. The molecule has 9 heteroatoms. The summed E-state index contributed by atoms with van der Waals surface area (Å²) in [7, 11) is -4.28. The van der Waals surface area contributed by atoms with E-state index in [1.807, 2.05) is 0 Å². The fourth-order valence-corrected chi connectivity index (χ4v) is 5.53. The molecule has 8 nitrogen and oxygen atoms in total. The van der Waals surface area contributed by atoms with Gasteiger partial charge in [0.15, 0.2) is 0 Å². The van der Waals surface area contributed by atoms with Gasteiger partial charge in [-0.3, -0.25) is 13.8 Å². The van der Waals surface area contributed by atoms with Crippen molar-refractivity contribution in [1.29, 1.82) is 0 Å². The third-order valence-electron chi connectivity index (χ3n) is 7.48. The fourth-order valence-electron chi connectivity index (χ4n) is 4.77. The SMILES string of the molecule is CC/C=C\C/C=C\C/C=C\CCCCCCCC(=O)OC(COCCCCCCCC/C=C\CCCCC)COP(=O)(O)OCCN. The third-order valence-corrected chi connectivity index (χ3v) is 8.46. The molecular formula is C38H70NO7P. The number of esters is 1. The number of unbranched alkanes of at least 4 members (excludes halogenated alkanes) is 14. The van der Waals surface area contributed by atoms with Crippen molar-refractivity contribution in [2.24, 2.45) is 5.73 Å². The molecule has 0 aromatic carbocycles. The second-order valence-electron chi connectivity index (χ2n) is 12.1. The zero-order valence-corrected chi connectivity index (χ0v) is 30.9. The molecule has 0 aromatic rings. The van der Waals surface area contributed by atoms with Crippen LogP contribution in [0, 0.1) is 0 Å². The van der Waals surface area contributed by atoms with Crippen molar-refractivity contribution in [2.45, 2.75) is 155 Å². The van der Waals surface area contributed by atoms with E-state index < -0.39 is 13.9 Å². The zero-order chi connectivity index (χ0) is 34.5. The van der Waals surface area contributed by atoms with E-state index in [1.165, 1.54) is 57.8 Å². The number of nitrogens with two attached hydrogens (primary N) is 1. The van der Waals surface area contributed by atoms with Crippen LogP contribution in [0.2, 0.25) is 0 Å². The van der Waals surface area contributed by atoms with Crippen LogP contribution in [0.4, 0.5) is 0 Å². The minimum Gasteiger partial charge on any atom is -0.457 e. The van der Waals surface area contributed by atoms with Crippen molar-refractivity contribution in [3.05, 3.63) is 48.6 Å². The van der Waals surface area contributed by atoms with Gasteiger partial charge >= 0.3 is 13.8 Å². The second-order valence-corrected chi connectivity index (χ2v) is 13.5. The molecule has 2 unspecified atom stereocenters. The summed E-state index contributed by atoms with van der Waals surface area (Å²) in [5, 5.41) is 0. The highest BCUT2D eigenvalue weighted by atomic mass is 31.2. The number of hydrogen-bond donors (Lipinski definition) is 2. The van der Waals surface area contributed by atoms with E-state index in [2.05, 4.69) is 62.5 Å². The second kappa shape index (κ2) is 35.8. The molecule has 0 fully saturated rings. The molecule has 0 heterocycles.